The number of carbonyl (C=O) groups is 3. The van der Waals surface area contributed by atoms with Gasteiger partial charge in [0.1, 0.15) is 29.0 Å². The van der Waals surface area contributed by atoms with Crippen LogP contribution in [0.4, 0.5) is 0 Å². The molecule has 3 fully saturated rings. The van der Waals surface area contributed by atoms with Gasteiger partial charge in [-0.05, 0) is 13.0 Å². The van der Waals surface area contributed by atoms with E-state index in [-0.39, 0.29) is 59.2 Å². The van der Waals surface area contributed by atoms with Crippen molar-refractivity contribution < 1.29 is 58.1 Å². The third-order valence-corrected chi connectivity index (χ3v) is 10.6. The molecule has 8 atom stereocenters. The molecule has 0 radical (unpaired) electrons. The van der Waals surface area contributed by atoms with Crippen molar-refractivity contribution in [3.05, 3.63) is 51.6 Å². The van der Waals surface area contributed by atoms with Gasteiger partial charge in [-0.25, -0.2) is 0 Å². The molecule has 7 rings (SSSR count). The molecule has 2 aliphatic carbocycles. The van der Waals surface area contributed by atoms with Crippen LogP contribution in [-0.4, -0.2) is 127 Å². The Kier molecular flexibility index (Phi) is 9.60. The highest BCUT2D eigenvalue weighted by Gasteiger charge is 2.55. The number of carbonyl (C=O) groups excluding carboxylic acids is 3. The molecule has 6 unspecified atom stereocenters. The maximum atomic E-state index is 14.0. The van der Waals surface area contributed by atoms with Crippen molar-refractivity contribution in [2.75, 3.05) is 40.5 Å². The molecule has 0 aromatic heterocycles. The third-order valence-electron chi connectivity index (χ3n) is 10.6. The number of hydrogen-bond donors (Lipinski definition) is 5. The lowest BCUT2D eigenvalue weighted by Gasteiger charge is -2.43. The Balaban J connectivity index is 1.27. The van der Waals surface area contributed by atoms with E-state index in [9.17, 15) is 29.7 Å². The van der Waals surface area contributed by atoms with Crippen LogP contribution >= 0.6 is 0 Å². The highest BCUT2D eigenvalue weighted by molar-refractivity contribution is 6.31. The Labute approximate surface area is 295 Å². The van der Waals surface area contributed by atoms with Crippen LogP contribution in [0.5, 0.6) is 17.2 Å². The summed E-state index contributed by atoms with van der Waals surface area (Å²) >= 11 is 0. The fraction of sp³-hybridized carbons (Fsp3) is 0.583. The molecule has 15 heteroatoms. The minimum atomic E-state index is -2.13. The highest BCUT2D eigenvalue weighted by atomic mass is 16.7. The maximum Gasteiger partial charge on any atom is 0.252 e. The fourth-order valence-corrected chi connectivity index (χ4v) is 8.20. The second kappa shape index (κ2) is 13.7. The summed E-state index contributed by atoms with van der Waals surface area (Å²) in [4.78, 5) is 43.7. The van der Waals surface area contributed by atoms with Gasteiger partial charge in [0.05, 0.1) is 42.6 Å². The second-order valence-electron chi connectivity index (χ2n) is 14.1. The van der Waals surface area contributed by atoms with E-state index in [1.165, 1.54) is 19.2 Å². The number of ether oxygens (including phenoxy) is 6. The van der Waals surface area contributed by atoms with Gasteiger partial charge >= 0.3 is 0 Å². The maximum absolute atomic E-state index is 14.0. The molecule has 5 N–H and O–H groups in total. The van der Waals surface area contributed by atoms with Crippen LogP contribution in [0.1, 0.15) is 82.7 Å². The molecule has 51 heavy (non-hydrogen) atoms. The molecular weight excluding hydrogens is 666 g/mol. The fourth-order valence-electron chi connectivity index (χ4n) is 8.20. The molecule has 3 aliphatic heterocycles. The number of amides is 1. The molecule has 2 aromatic rings. The lowest BCUT2D eigenvalue weighted by molar-refractivity contribution is -0.256. The molecular formula is C36H45N3O12. The van der Waals surface area contributed by atoms with Gasteiger partial charge in [0.15, 0.2) is 24.6 Å². The number of nitrogens with zero attached hydrogens (tertiary/aromatic N) is 1. The van der Waals surface area contributed by atoms with Crippen LogP contribution < -0.4 is 15.4 Å². The number of nitrogens with one attached hydrogen (secondary N) is 2. The third kappa shape index (κ3) is 5.99. The summed E-state index contributed by atoms with van der Waals surface area (Å²) in [5, 5.41) is 41.7. The Morgan fingerprint density at radius 2 is 1.84 bits per heavy atom. The average Bonchev–Trinajstić information content (AvgIpc) is 3.49. The quantitative estimate of drug-likeness (QED) is 0.157. The van der Waals surface area contributed by atoms with E-state index in [4.69, 9.17) is 28.4 Å². The number of ketones is 2. The van der Waals surface area contributed by atoms with Gasteiger partial charge < -0.3 is 54.4 Å². The summed E-state index contributed by atoms with van der Waals surface area (Å²) in [6.07, 6.45) is -4.46. The lowest BCUT2D eigenvalue weighted by atomic mass is 9.72. The van der Waals surface area contributed by atoms with Gasteiger partial charge in [-0.15, -0.1) is 0 Å². The van der Waals surface area contributed by atoms with Crippen molar-refractivity contribution in [1.82, 2.24) is 15.5 Å². The van der Waals surface area contributed by atoms with Crippen molar-refractivity contribution in [1.29, 1.82) is 0 Å². The van der Waals surface area contributed by atoms with E-state index in [0.717, 1.165) is 0 Å². The molecule has 0 saturated carbocycles. The standard InChI is InChI=1S/C36H45N3O12/c1-16(2)37-9-10-38-35(44)36(45)14-19-25(31(43)27-26(29(19)41)28(40)18-7-6-8-21(46-4)24(18)30(27)42)22(15-36)50-23-13-20-32(17(3)49-23)51-33-34(47-5)48-12-11-39(20)33/h6-8,16-17,20,22-23,32-34,37,41,43,45H,9-15H2,1-5H3,(H,38,44)/t17?,20?,22-,23?,32?,33?,34?,36-/m0/s1. The molecule has 2 aromatic carbocycles. The first kappa shape index (κ1) is 35.7. The summed E-state index contributed by atoms with van der Waals surface area (Å²) < 4.78 is 35.8. The monoisotopic (exact) mass is 711 g/mol. The van der Waals surface area contributed by atoms with Crippen LogP contribution in [0, 0.1) is 0 Å². The van der Waals surface area contributed by atoms with Crippen LogP contribution in [-0.2, 0) is 34.9 Å². The number of morpholine rings is 1. The number of aromatic hydroxyl groups is 2. The van der Waals surface area contributed by atoms with Crippen molar-refractivity contribution >= 4 is 17.5 Å². The predicted octanol–water partition coefficient (Wildman–Crippen LogP) is 1.26. The Morgan fingerprint density at radius 3 is 2.57 bits per heavy atom. The summed E-state index contributed by atoms with van der Waals surface area (Å²) in [7, 11) is 2.92. The molecule has 15 nitrogen and oxygen atoms in total. The zero-order valence-corrected chi connectivity index (χ0v) is 29.3. The number of methoxy groups -OCH3 is 2. The van der Waals surface area contributed by atoms with E-state index in [2.05, 4.69) is 15.5 Å². The minimum Gasteiger partial charge on any atom is -0.507 e. The average molecular weight is 712 g/mol. The van der Waals surface area contributed by atoms with E-state index in [1.54, 1.807) is 13.2 Å². The summed E-state index contributed by atoms with van der Waals surface area (Å²) in [6.45, 7) is 7.47. The Hall–Kier alpha value is -3.67. The number of fused-ring (bicyclic) bond motifs is 6. The van der Waals surface area contributed by atoms with Gasteiger partial charge in [-0.1, -0.05) is 26.0 Å². The summed E-state index contributed by atoms with van der Waals surface area (Å²) in [5.74, 6) is -3.21. The molecule has 0 bridgehead atoms. The minimum absolute atomic E-state index is 0.00515. The van der Waals surface area contributed by atoms with Crippen LogP contribution in [0.25, 0.3) is 0 Å². The first-order valence-corrected chi connectivity index (χ1v) is 17.4. The van der Waals surface area contributed by atoms with E-state index in [1.807, 2.05) is 20.8 Å². The zero-order valence-electron chi connectivity index (χ0n) is 29.3. The molecule has 3 saturated heterocycles. The Morgan fingerprint density at radius 1 is 1.08 bits per heavy atom. The van der Waals surface area contributed by atoms with Crippen LogP contribution in [0.15, 0.2) is 18.2 Å². The number of phenols is 2. The SMILES string of the molecule is COc1cccc2c1C(=O)c1c(O)c3c(c(O)c1C2=O)C[C@@](O)(C(=O)NCCNC(C)C)C[C@@H]3OC1CC2C(OC3C(OC)OCCN23)C(C)O1. The summed E-state index contributed by atoms with van der Waals surface area (Å²) in [5.41, 5.74) is -3.08. The normalized spacial score (nSPS) is 31.4. The largest absolute Gasteiger partial charge is 0.507 e. The summed E-state index contributed by atoms with van der Waals surface area (Å²) in [6, 6.07) is 4.53. The highest BCUT2D eigenvalue weighted by Crippen LogP contribution is 2.53. The molecule has 5 aliphatic rings. The smallest absolute Gasteiger partial charge is 0.252 e. The molecule has 1 amide bonds. The number of phenolic OH excluding ortho intramolecular Hbond substituents is 2. The van der Waals surface area contributed by atoms with Crippen LogP contribution in [0.2, 0.25) is 0 Å². The number of aliphatic hydroxyl groups is 1. The van der Waals surface area contributed by atoms with Gasteiger partial charge in [0, 0.05) is 74.8 Å². The predicted molar refractivity (Wildman–Crippen MR) is 178 cm³/mol. The molecule has 3 heterocycles. The van der Waals surface area contributed by atoms with Crippen molar-refractivity contribution in [3.63, 3.8) is 0 Å². The van der Waals surface area contributed by atoms with Gasteiger partial charge in [-0.3, -0.25) is 19.3 Å². The lowest BCUT2D eigenvalue weighted by Crippen LogP contribution is -2.55. The topological polar surface area (TPSA) is 195 Å². The first-order valence-electron chi connectivity index (χ1n) is 17.4. The number of hydrogen-bond acceptors (Lipinski definition) is 14. The zero-order chi connectivity index (χ0) is 36.4. The molecule has 276 valence electrons. The Bertz CT molecular complexity index is 1730. The van der Waals surface area contributed by atoms with Gasteiger partial charge in [0.2, 0.25) is 5.78 Å². The van der Waals surface area contributed by atoms with E-state index in [0.29, 0.717) is 26.1 Å². The van der Waals surface area contributed by atoms with Crippen LogP contribution in [0.3, 0.4) is 0 Å². The number of benzene rings is 2. The first-order chi connectivity index (χ1) is 24.4. The van der Waals surface area contributed by atoms with Crippen molar-refractivity contribution in [2.24, 2.45) is 0 Å². The number of rotatable bonds is 9. The van der Waals surface area contributed by atoms with Crippen molar-refractivity contribution in [3.8, 4) is 17.2 Å². The van der Waals surface area contributed by atoms with Crippen molar-refractivity contribution in [2.45, 2.75) is 94.8 Å². The van der Waals surface area contributed by atoms with E-state index < -0.39 is 83.1 Å². The van der Waals surface area contributed by atoms with Gasteiger partial charge in [0.25, 0.3) is 5.91 Å². The molecule has 0 spiro atoms. The van der Waals surface area contributed by atoms with Gasteiger partial charge in [-0.2, -0.15) is 0 Å². The second-order valence-corrected chi connectivity index (χ2v) is 14.1. The van der Waals surface area contributed by atoms with E-state index >= 15 is 0 Å².